The molecule has 0 aliphatic carbocycles. The van der Waals surface area contributed by atoms with Gasteiger partial charge in [-0.15, -0.1) is 0 Å². The average Bonchev–Trinajstić information content (AvgIpc) is 3.59. The van der Waals surface area contributed by atoms with Crippen molar-refractivity contribution in [2.24, 2.45) is 0 Å². The van der Waals surface area contributed by atoms with E-state index in [1.54, 1.807) is 11.3 Å². The number of rotatable bonds is 6. The largest absolute Gasteiger partial charge is 0.416 e. The van der Waals surface area contributed by atoms with Crippen molar-refractivity contribution in [2.75, 3.05) is 0 Å². The molecule has 1 aromatic heterocycles. The Labute approximate surface area is 441 Å². The fourth-order valence-corrected chi connectivity index (χ4v) is 10.0. The van der Waals surface area contributed by atoms with Crippen LogP contribution in [0.5, 0.6) is 5.75 Å². The van der Waals surface area contributed by atoms with E-state index >= 15 is 0 Å². The second kappa shape index (κ2) is 20.4. The normalized spacial score (nSPS) is 13.4. The van der Waals surface area contributed by atoms with Gasteiger partial charge in [0.2, 0.25) is 5.75 Å². The summed E-state index contributed by atoms with van der Waals surface area (Å²) in [7, 11) is 0. The lowest BCUT2D eigenvalue weighted by molar-refractivity contribution is -0.850. The van der Waals surface area contributed by atoms with Gasteiger partial charge >= 0.3 is 49.4 Å². The summed E-state index contributed by atoms with van der Waals surface area (Å²) in [6.07, 6.45) is -54.8. The van der Waals surface area contributed by atoms with Gasteiger partial charge in [0.15, 0.2) is 0 Å². The van der Waals surface area contributed by atoms with Crippen LogP contribution in [0.25, 0.3) is 31.8 Å². The minimum Gasteiger partial charge on any atom is -0.229 e. The summed E-state index contributed by atoms with van der Waals surface area (Å²) < 4.78 is 344. The van der Waals surface area contributed by atoms with E-state index in [1.807, 2.05) is 16.3 Å². The fourth-order valence-electron chi connectivity index (χ4n) is 9.21. The molecule has 0 aliphatic heterocycles. The van der Waals surface area contributed by atoms with Gasteiger partial charge in [-0.05, 0) is 47.2 Å². The van der Waals surface area contributed by atoms with E-state index in [9.17, 15) is 105 Å². The molecule has 0 bridgehead atoms. The molecular formula is C53H26BF24NOS. The molecule has 2 nitrogen and oxygen atoms in total. The minimum atomic E-state index is -6.13. The second-order valence-corrected chi connectivity index (χ2v) is 18.9. The molecule has 9 aromatic rings. The molecule has 28 heteroatoms. The lowest BCUT2D eigenvalue weighted by Crippen LogP contribution is -2.75. The zero-order valence-electron chi connectivity index (χ0n) is 39.4. The summed E-state index contributed by atoms with van der Waals surface area (Å²) >= 11 is 1.68. The molecular weight excluding hydrogens is 1170 g/mol. The smallest absolute Gasteiger partial charge is 0.229 e. The number of nitrogens with zero attached hydrogens (tertiary/aromatic N) is 1. The van der Waals surface area contributed by atoms with E-state index in [2.05, 4.69) is 72.8 Å². The Morgan fingerprint density at radius 3 is 0.852 bits per heavy atom. The van der Waals surface area contributed by atoms with Crippen molar-refractivity contribution in [3.63, 3.8) is 0 Å². The summed E-state index contributed by atoms with van der Waals surface area (Å²) in [5.41, 5.74) is -27.1. The van der Waals surface area contributed by atoms with Gasteiger partial charge in [0.1, 0.15) is 10.8 Å². The van der Waals surface area contributed by atoms with Gasteiger partial charge in [-0.2, -0.15) is 127 Å². The van der Waals surface area contributed by atoms with Crippen molar-refractivity contribution in [1.29, 1.82) is 0 Å². The number of aromatic nitrogens is 1. The van der Waals surface area contributed by atoms with Gasteiger partial charge in [0.25, 0.3) is 11.0 Å². The van der Waals surface area contributed by atoms with E-state index in [0.29, 0.717) is 0 Å². The summed E-state index contributed by atoms with van der Waals surface area (Å²) in [5.74, 6) is 0.900. The molecule has 426 valence electrons. The lowest BCUT2D eigenvalue weighted by Gasteiger charge is -2.46. The lowest BCUT2D eigenvalue weighted by atomic mass is 9.12. The second-order valence-electron chi connectivity index (χ2n) is 18.0. The van der Waals surface area contributed by atoms with Gasteiger partial charge in [-0.1, -0.05) is 121 Å². The third-order valence-electron chi connectivity index (χ3n) is 12.7. The molecule has 8 aromatic carbocycles. The third kappa shape index (κ3) is 12.3. The molecule has 0 unspecified atom stereocenters. The van der Waals surface area contributed by atoms with E-state index in [1.165, 1.54) is 15.5 Å². The zero-order valence-corrected chi connectivity index (χ0v) is 40.2. The molecule has 0 N–H and O–H groups in total. The average molecular weight is 1190 g/mol. The van der Waals surface area contributed by atoms with Crippen LogP contribution in [0.2, 0.25) is 0 Å². The quantitative estimate of drug-likeness (QED) is 0.0700. The van der Waals surface area contributed by atoms with Crippen molar-refractivity contribution in [2.45, 2.75) is 49.4 Å². The Hall–Kier alpha value is -7.65. The SMILES string of the molecule is FC(F)(F)c1cc([B-](c2cc(C(F)(F)F)cc(C(F)(F)F)c2)(c2cc(C(F)(F)F)cc(C(F)(F)F)c2)c2cc(C(F)(F)F)cc(C(F)(F)F)c2)cc(C(F)(F)F)c1.c1ccc2c(O[n+]3csc4ccccc43)c3ccccc3cc2c1. The third-order valence-corrected chi connectivity index (χ3v) is 13.6. The maximum Gasteiger partial charge on any atom is 0.416 e. The van der Waals surface area contributed by atoms with Crippen LogP contribution in [-0.4, -0.2) is 6.15 Å². The number of para-hydroxylation sites is 1. The molecule has 1 heterocycles. The fraction of sp³-hybridized carbons (Fsp3) is 0.151. The van der Waals surface area contributed by atoms with Crippen molar-refractivity contribution >= 4 is 71.1 Å². The Morgan fingerprint density at radius 1 is 0.309 bits per heavy atom. The molecule has 0 fully saturated rings. The first-order chi connectivity index (χ1) is 37.2. The number of hydrogen-bond donors (Lipinski definition) is 0. The van der Waals surface area contributed by atoms with Crippen molar-refractivity contribution < 1.29 is 115 Å². The molecule has 0 spiro atoms. The van der Waals surface area contributed by atoms with Crippen LogP contribution < -0.4 is 31.4 Å². The van der Waals surface area contributed by atoms with Gasteiger partial charge in [0, 0.05) is 21.6 Å². The number of thiazole rings is 1. The minimum absolute atomic E-state index is 0.691. The van der Waals surface area contributed by atoms with Crippen molar-refractivity contribution in [3.8, 4) is 5.75 Å². The van der Waals surface area contributed by atoms with E-state index in [-0.39, 0.29) is 0 Å². The molecule has 0 radical (unpaired) electrons. The molecule has 9 rings (SSSR count). The van der Waals surface area contributed by atoms with Crippen LogP contribution in [0, 0.1) is 0 Å². The molecule has 0 aliphatic rings. The first-order valence-electron chi connectivity index (χ1n) is 22.5. The van der Waals surface area contributed by atoms with Crippen LogP contribution in [-0.2, 0) is 49.4 Å². The molecule has 0 atom stereocenters. The maximum absolute atomic E-state index is 14.2. The van der Waals surface area contributed by atoms with Gasteiger partial charge in [-0.3, -0.25) is 0 Å². The standard InChI is InChI=1S/C32H12BF24.C21H14NOS/c34-25(35,36)13-1-14(26(37,38)39)6-21(5-13)33(22-7-15(27(40,41)42)2-16(8-22)28(43,44)45,23-9-17(29(46,47)48)3-18(10-23)30(49,50)51)24-11-19(31(52,53)54)4-20(12-24)32(55,56)57;1-3-9-17-15(7-1)13-16-8-2-4-10-18(16)21(17)23-22-14-24-20-12-6-5-11-19(20)22/h1-12H;1-14H/q-1;+1. The summed E-state index contributed by atoms with van der Waals surface area (Å²) in [4.78, 5) is 6.39. The molecule has 0 saturated carbocycles. The Balaban J connectivity index is 0.000000292. The Morgan fingerprint density at radius 2 is 0.568 bits per heavy atom. The summed E-state index contributed by atoms with van der Waals surface area (Å²) in [5, 5.41) is 4.62. The Bertz CT molecular complexity index is 3330. The number of halogens is 24. The van der Waals surface area contributed by atoms with Crippen LogP contribution >= 0.6 is 11.3 Å². The highest BCUT2D eigenvalue weighted by Crippen LogP contribution is 2.42. The van der Waals surface area contributed by atoms with E-state index in [4.69, 9.17) is 4.84 Å². The van der Waals surface area contributed by atoms with Crippen molar-refractivity contribution in [3.05, 3.63) is 202 Å². The van der Waals surface area contributed by atoms with Crippen molar-refractivity contribution in [1.82, 2.24) is 0 Å². The van der Waals surface area contributed by atoms with Gasteiger partial charge < -0.3 is 0 Å². The summed E-state index contributed by atoms with van der Waals surface area (Å²) in [6.45, 7) is 0. The van der Waals surface area contributed by atoms with E-state index < -0.39 is 195 Å². The molecule has 0 amide bonds. The predicted molar refractivity (Wildman–Crippen MR) is 250 cm³/mol. The van der Waals surface area contributed by atoms with Gasteiger partial charge in [-0.25, -0.2) is 4.84 Å². The first kappa shape index (κ1) is 59.5. The van der Waals surface area contributed by atoms with E-state index in [0.717, 1.165) is 22.0 Å². The first-order valence-corrected chi connectivity index (χ1v) is 23.4. The maximum atomic E-state index is 14.2. The number of hydrogen-bond acceptors (Lipinski definition) is 2. The number of alkyl halides is 24. The number of benzene rings is 8. The van der Waals surface area contributed by atoms with Crippen LogP contribution in [0.15, 0.2) is 157 Å². The topological polar surface area (TPSA) is 13.1 Å². The highest BCUT2D eigenvalue weighted by atomic mass is 32.1. The molecule has 0 saturated heterocycles. The van der Waals surface area contributed by atoms with Gasteiger partial charge in [0.05, 0.1) is 44.5 Å². The highest BCUT2D eigenvalue weighted by Gasteiger charge is 2.47. The molecule has 81 heavy (non-hydrogen) atoms. The highest BCUT2D eigenvalue weighted by molar-refractivity contribution is 7.20. The van der Waals surface area contributed by atoms with Crippen LogP contribution in [0.1, 0.15) is 44.5 Å². The van der Waals surface area contributed by atoms with Crippen LogP contribution in [0.4, 0.5) is 105 Å². The monoisotopic (exact) mass is 1190 g/mol. The van der Waals surface area contributed by atoms with Crippen LogP contribution in [0.3, 0.4) is 0 Å². The Kier molecular flexibility index (Phi) is 15.0. The zero-order chi connectivity index (χ0) is 59.8. The predicted octanol–water partition coefficient (Wildman–Crippen LogP) is 16.6. The number of fused-ring (bicyclic) bond motifs is 3. The summed E-state index contributed by atoms with van der Waals surface area (Å²) in [6, 6.07) is 18.4.